The molecule has 2 aromatic carbocycles. The normalized spacial score (nSPS) is 10.1. The van der Waals surface area contributed by atoms with Gasteiger partial charge >= 0.3 is 11.9 Å². The molecule has 0 saturated heterocycles. The van der Waals surface area contributed by atoms with Crippen LogP contribution in [0.1, 0.15) is 16.7 Å². The van der Waals surface area contributed by atoms with Gasteiger partial charge in [0.1, 0.15) is 0 Å². The zero-order valence-corrected chi connectivity index (χ0v) is 17.1. The first kappa shape index (κ1) is 22.0. The van der Waals surface area contributed by atoms with Gasteiger partial charge < -0.3 is 20.1 Å². The number of nitrogens with zero attached hydrogens (tertiary/aromatic N) is 2. The maximum absolute atomic E-state index is 9.10. The number of rotatable bonds is 4. The lowest BCUT2D eigenvalue weighted by atomic mass is 10.0. The first-order chi connectivity index (χ1) is 13.7. The molecule has 0 saturated carbocycles. The molecule has 0 atom stereocenters. The molecule has 0 aliphatic heterocycles. The molecule has 7 nitrogen and oxygen atoms in total. The average Bonchev–Trinajstić information content (AvgIpc) is 3.04. The van der Waals surface area contributed by atoms with Crippen molar-refractivity contribution in [3.8, 4) is 11.3 Å². The van der Waals surface area contributed by atoms with Crippen LogP contribution in [0.5, 0.6) is 0 Å². The lowest BCUT2D eigenvalue weighted by Crippen LogP contribution is -2.09. The summed E-state index contributed by atoms with van der Waals surface area (Å²) in [6.07, 6.45) is 1.91. The molecule has 0 fully saturated rings. The Hall–Kier alpha value is -3.32. The zero-order valence-electron chi connectivity index (χ0n) is 16.3. The number of imidazole rings is 1. The van der Waals surface area contributed by atoms with Crippen molar-refractivity contribution >= 4 is 29.5 Å². The lowest BCUT2D eigenvalue weighted by molar-refractivity contribution is -0.159. The van der Waals surface area contributed by atoms with Gasteiger partial charge in [-0.1, -0.05) is 35.9 Å². The molecule has 8 heteroatoms. The summed E-state index contributed by atoms with van der Waals surface area (Å²) in [4.78, 5) is 22.7. The second kappa shape index (κ2) is 9.75. The van der Waals surface area contributed by atoms with E-state index in [9.17, 15) is 0 Å². The van der Waals surface area contributed by atoms with Crippen LogP contribution in [0.4, 0.5) is 5.95 Å². The molecule has 152 valence electrons. The first-order valence-electron chi connectivity index (χ1n) is 8.73. The molecule has 0 amide bonds. The van der Waals surface area contributed by atoms with Crippen LogP contribution in [0.2, 0.25) is 5.02 Å². The highest BCUT2D eigenvalue weighted by molar-refractivity contribution is 6.30. The Morgan fingerprint density at radius 1 is 1.03 bits per heavy atom. The lowest BCUT2D eigenvalue weighted by Gasteiger charge is -2.10. The molecule has 3 aromatic rings. The minimum absolute atomic E-state index is 0.717. The third-order valence-corrected chi connectivity index (χ3v) is 4.59. The molecule has 1 aromatic heterocycles. The molecule has 0 unspecified atom stereocenters. The number of aliphatic carboxylic acids is 2. The van der Waals surface area contributed by atoms with E-state index in [-0.39, 0.29) is 0 Å². The third-order valence-electron chi connectivity index (χ3n) is 4.34. The van der Waals surface area contributed by atoms with Crippen LogP contribution in [-0.2, 0) is 23.2 Å². The molecule has 0 radical (unpaired) electrons. The highest BCUT2D eigenvalue weighted by Crippen LogP contribution is 2.24. The molecule has 0 spiro atoms. The number of carboxylic acids is 2. The highest BCUT2D eigenvalue weighted by atomic mass is 35.5. The number of hydrogen-bond donors (Lipinski definition) is 3. The summed E-state index contributed by atoms with van der Waals surface area (Å²) < 4.78 is 2.08. The van der Waals surface area contributed by atoms with Gasteiger partial charge in [0.05, 0.1) is 11.9 Å². The first-order valence-corrected chi connectivity index (χ1v) is 9.10. The Bertz CT molecular complexity index is 1000. The molecule has 29 heavy (non-hydrogen) atoms. The average molecular weight is 416 g/mol. The number of anilines is 1. The minimum Gasteiger partial charge on any atom is -0.473 e. The third kappa shape index (κ3) is 6.08. The molecule has 1 heterocycles. The van der Waals surface area contributed by atoms with Crippen molar-refractivity contribution in [2.75, 3.05) is 5.32 Å². The van der Waals surface area contributed by atoms with Gasteiger partial charge in [-0.25, -0.2) is 14.6 Å². The van der Waals surface area contributed by atoms with Gasteiger partial charge in [-0.05, 0) is 48.7 Å². The van der Waals surface area contributed by atoms with Crippen LogP contribution < -0.4 is 5.32 Å². The summed E-state index contributed by atoms with van der Waals surface area (Å²) in [5.41, 5.74) is 6.05. The number of nitrogens with one attached hydrogen (secondary N) is 1. The van der Waals surface area contributed by atoms with Crippen LogP contribution in [0.25, 0.3) is 11.3 Å². The van der Waals surface area contributed by atoms with Crippen molar-refractivity contribution in [3.05, 3.63) is 70.4 Å². The summed E-state index contributed by atoms with van der Waals surface area (Å²) in [5.74, 6) is -2.79. The van der Waals surface area contributed by atoms with Crippen molar-refractivity contribution < 1.29 is 19.8 Å². The maximum Gasteiger partial charge on any atom is 0.414 e. The van der Waals surface area contributed by atoms with Crippen molar-refractivity contribution in [1.82, 2.24) is 9.55 Å². The van der Waals surface area contributed by atoms with Gasteiger partial charge in [-0.3, -0.25) is 0 Å². The quantitative estimate of drug-likeness (QED) is 0.553. The minimum atomic E-state index is -1.82. The van der Waals surface area contributed by atoms with Crippen molar-refractivity contribution in [3.63, 3.8) is 0 Å². The van der Waals surface area contributed by atoms with Crippen molar-refractivity contribution in [2.24, 2.45) is 7.05 Å². The number of benzene rings is 2. The topological polar surface area (TPSA) is 104 Å². The summed E-state index contributed by atoms with van der Waals surface area (Å²) in [5, 5.41) is 18.9. The summed E-state index contributed by atoms with van der Waals surface area (Å²) in [7, 11) is 2.03. The van der Waals surface area contributed by atoms with E-state index in [1.807, 2.05) is 37.5 Å². The fraction of sp³-hybridized carbons (Fsp3) is 0.190. The van der Waals surface area contributed by atoms with Crippen molar-refractivity contribution in [2.45, 2.75) is 20.4 Å². The van der Waals surface area contributed by atoms with Crippen LogP contribution in [0.3, 0.4) is 0 Å². The Kier molecular flexibility index (Phi) is 7.39. The van der Waals surface area contributed by atoms with E-state index in [1.165, 1.54) is 22.3 Å². The Labute approximate surface area is 173 Å². The SMILES string of the molecule is Cc1ccc(-c2cnc(NCc3ccc(Cl)cc3)n2C)cc1C.O=C(O)C(=O)O. The van der Waals surface area contributed by atoms with E-state index in [4.69, 9.17) is 31.4 Å². The van der Waals surface area contributed by atoms with E-state index in [0.29, 0.717) is 6.54 Å². The number of carboxylic acid groups (broad SMARTS) is 2. The van der Waals surface area contributed by atoms with Gasteiger partial charge in [0.15, 0.2) is 0 Å². The zero-order chi connectivity index (χ0) is 21.6. The molecule has 0 aliphatic rings. The second-order valence-electron chi connectivity index (χ2n) is 6.42. The Balaban J connectivity index is 0.000000438. The van der Waals surface area contributed by atoms with Gasteiger partial charge in [0, 0.05) is 24.2 Å². The monoisotopic (exact) mass is 415 g/mol. The molecule has 0 aliphatic carbocycles. The summed E-state index contributed by atoms with van der Waals surface area (Å²) in [6, 6.07) is 14.3. The molecular weight excluding hydrogens is 394 g/mol. The number of hydrogen-bond acceptors (Lipinski definition) is 4. The van der Waals surface area contributed by atoms with Crippen LogP contribution in [0.15, 0.2) is 48.7 Å². The Morgan fingerprint density at radius 3 is 2.21 bits per heavy atom. The van der Waals surface area contributed by atoms with E-state index in [1.54, 1.807) is 0 Å². The Morgan fingerprint density at radius 2 is 1.66 bits per heavy atom. The fourth-order valence-electron chi connectivity index (χ4n) is 2.53. The second-order valence-corrected chi connectivity index (χ2v) is 6.85. The number of aromatic nitrogens is 2. The van der Waals surface area contributed by atoms with Gasteiger partial charge in [0.25, 0.3) is 0 Å². The summed E-state index contributed by atoms with van der Waals surface area (Å²) >= 11 is 5.91. The van der Waals surface area contributed by atoms with Gasteiger partial charge in [0.2, 0.25) is 5.95 Å². The van der Waals surface area contributed by atoms with Gasteiger partial charge in [-0.15, -0.1) is 0 Å². The predicted molar refractivity (Wildman–Crippen MR) is 112 cm³/mol. The highest BCUT2D eigenvalue weighted by Gasteiger charge is 2.09. The molecule has 3 rings (SSSR count). The smallest absolute Gasteiger partial charge is 0.414 e. The van der Waals surface area contributed by atoms with E-state index in [0.717, 1.165) is 16.7 Å². The number of carbonyl (C=O) groups is 2. The molecular formula is C21H22ClN3O4. The van der Waals surface area contributed by atoms with Crippen molar-refractivity contribution in [1.29, 1.82) is 0 Å². The fourth-order valence-corrected chi connectivity index (χ4v) is 2.65. The predicted octanol–water partition coefficient (Wildman–Crippen LogP) is 4.13. The van der Waals surface area contributed by atoms with E-state index < -0.39 is 11.9 Å². The van der Waals surface area contributed by atoms with Crippen LogP contribution in [-0.4, -0.2) is 31.7 Å². The van der Waals surface area contributed by atoms with Crippen LogP contribution in [0, 0.1) is 13.8 Å². The van der Waals surface area contributed by atoms with E-state index >= 15 is 0 Å². The number of aryl methyl sites for hydroxylation is 2. The molecule has 0 bridgehead atoms. The van der Waals surface area contributed by atoms with Gasteiger partial charge in [-0.2, -0.15) is 0 Å². The maximum atomic E-state index is 9.10. The standard InChI is InChI=1S/C19H20ClN3.C2H2O4/c1-13-4-7-16(10-14(13)2)18-12-22-19(23(18)3)21-11-15-5-8-17(20)9-6-15;3-1(4)2(5)6/h4-10,12H,11H2,1-3H3,(H,21,22);(H,3,4)(H,5,6). The van der Waals surface area contributed by atoms with E-state index in [2.05, 4.69) is 46.9 Å². The number of halogens is 1. The molecule has 3 N–H and O–H groups in total. The largest absolute Gasteiger partial charge is 0.473 e. The van der Waals surface area contributed by atoms with Crippen LogP contribution >= 0.6 is 11.6 Å². The summed E-state index contributed by atoms with van der Waals surface area (Å²) in [6.45, 7) is 4.98.